The molecule has 0 aliphatic carbocycles. The first-order valence-electron chi connectivity index (χ1n) is 8.94. The number of piperazine rings is 1. The van der Waals surface area contributed by atoms with Gasteiger partial charge in [0.2, 0.25) is 0 Å². The van der Waals surface area contributed by atoms with Crippen molar-refractivity contribution >= 4 is 45.3 Å². The number of rotatable bonds is 2. The first kappa shape index (κ1) is 18.0. The summed E-state index contributed by atoms with van der Waals surface area (Å²) in [5.74, 6) is 0.0618. The Bertz CT molecular complexity index is 1020. The number of hydrogen-bond acceptors (Lipinski definition) is 2. The Hall–Kier alpha value is -2.35. The number of nitrogens with zero attached hydrogens (tertiary/aromatic N) is 3. The number of carbonyl (C=O) groups is 2. The minimum atomic E-state index is 0.0232. The average molecular weight is 473 g/mol. The second kappa shape index (κ2) is 7.34. The largest absolute Gasteiger partial charge is 0.340 e. The molecule has 1 saturated heterocycles. The van der Waals surface area contributed by atoms with Crippen molar-refractivity contribution in [2.75, 3.05) is 26.2 Å². The average Bonchev–Trinajstić information content (AvgIpc) is 3.04. The Morgan fingerprint density at radius 1 is 0.852 bits per heavy atom. The van der Waals surface area contributed by atoms with Gasteiger partial charge in [0.1, 0.15) is 5.69 Å². The molecule has 4 rings (SSSR count). The Labute approximate surface area is 171 Å². The monoisotopic (exact) mass is 473 g/mol. The Balaban J connectivity index is 1.47. The van der Waals surface area contributed by atoms with Gasteiger partial charge in [-0.05, 0) is 46.9 Å². The number of hydrogen-bond donors (Lipinski definition) is 0. The van der Waals surface area contributed by atoms with Gasteiger partial charge in [-0.15, -0.1) is 0 Å². The second-order valence-electron chi connectivity index (χ2n) is 6.71. The summed E-state index contributed by atoms with van der Waals surface area (Å²) in [6.45, 7) is 2.21. The van der Waals surface area contributed by atoms with Crippen molar-refractivity contribution < 1.29 is 9.59 Å². The van der Waals surface area contributed by atoms with E-state index < -0.39 is 0 Å². The molecule has 0 atom stereocenters. The molecular weight excluding hydrogens is 453 g/mol. The Kier molecular flexibility index (Phi) is 4.90. The molecule has 3 aromatic rings. The molecule has 1 aliphatic heterocycles. The van der Waals surface area contributed by atoms with Crippen LogP contribution in [0.5, 0.6) is 0 Å². The molecule has 1 fully saturated rings. The van der Waals surface area contributed by atoms with Crippen LogP contribution in [-0.4, -0.2) is 52.4 Å². The Morgan fingerprint density at radius 2 is 1.44 bits per heavy atom. The minimum Gasteiger partial charge on any atom is -0.340 e. The molecule has 0 bridgehead atoms. The first-order valence-corrected chi connectivity index (χ1v) is 10.0. The van der Waals surface area contributed by atoms with Crippen LogP contribution in [0.3, 0.4) is 0 Å². The van der Waals surface area contributed by atoms with Gasteiger partial charge >= 0.3 is 0 Å². The molecule has 0 unspecified atom stereocenters. The van der Waals surface area contributed by atoms with Crippen LogP contribution in [0.1, 0.15) is 20.8 Å². The molecule has 6 heteroatoms. The highest BCUT2D eigenvalue weighted by Gasteiger charge is 2.27. The minimum absolute atomic E-state index is 0.0232. The topological polar surface area (TPSA) is 45.6 Å². The molecule has 5 nitrogen and oxygen atoms in total. The predicted molar refractivity (Wildman–Crippen MR) is 114 cm³/mol. The molecule has 0 radical (unpaired) electrons. The van der Waals surface area contributed by atoms with Crippen molar-refractivity contribution in [1.29, 1.82) is 0 Å². The van der Waals surface area contributed by atoms with E-state index in [-0.39, 0.29) is 11.8 Å². The zero-order chi connectivity index (χ0) is 19.0. The zero-order valence-electron chi connectivity index (χ0n) is 15.1. The van der Waals surface area contributed by atoms with Crippen molar-refractivity contribution in [2.45, 2.75) is 0 Å². The standard InChI is InChI=1S/C21H20IN3O2/c1-23-18-9-5-2-6-15(18)14-19(23)21(27)25-12-10-24(11-13-25)20(26)16-7-3-4-8-17(16)22/h2-9,14H,10-13H2,1H3. The maximum Gasteiger partial charge on any atom is 0.270 e. The van der Waals surface area contributed by atoms with Gasteiger partial charge in [-0.25, -0.2) is 0 Å². The summed E-state index contributed by atoms with van der Waals surface area (Å²) < 4.78 is 2.90. The summed E-state index contributed by atoms with van der Waals surface area (Å²) in [6.07, 6.45) is 0. The van der Waals surface area contributed by atoms with Crippen molar-refractivity contribution in [2.24, 2.45) is 7.05 Å². The van der Waals surface area contributed by atoms with Gasteiger partial charge in [0.25, 0.3) is 11.8 Å². The lowest BCUT2D eigenvalue weighted by molar-refractivity contribution is 0.0530. The van der Waals surface area contributed by atoms with Crippen molar-refractivity contribution in [3.8, 4) is 0 Å². The maximum absolute atomic E-state index is 13.0. The number of para-hydroxylation sites is 1. The number of halogens is 1. The summed E-state index contributed by atoms with van der Waals surface area (Å²) in [5, 5.41) is 1.07. The van der Waals surface area contributed by atoms with E-state index in [4.69, 9.17) is 0 Å². The molecule has 2 amide bonds. The van der Waals surface area contributed by atoms with E-state index in [2.05, 4.69) is 22.6 Å². The first-order chi connectivity index (χ1) is 13.1. The molecule has 1 aliphatic rings. The van der Waals surface area contributed by atoms with Crippen LogP contribution >= 0.6 is 22.6 Å². The van der Waals surface area contributed by atoms with Gasteiger partial charge in [0.05, 0.1) is 5.56 Å². The molecule has 0 saturated carbocycles. The summed E-state index contributed by atoms with van der Waals surface area (Å²) >= 11 is 2.19. The van der Waals surface area contributed by atoms with E-state index in [0.29, 0.717) is 31.9 Å². The SMILES string of the molecule is Cn1c(C(=O)N2CCN(C(=O)c3ccccc3I)CC2)cc2ccccc21. The number of aromatic nitrogens is 1. The lowest BCUT2D eigenvalue weighted by Gasteiger charge is -2.35. The molecule has 2 heterocycles. The number of amides is 2. The Morgan fingerprint density at radius 3 is 2.11 bits per heavy atom. The predicted octanol–water partition coefficient (Wildman–Crippen LogP) is 3.38. The maximum atomic E-state index is 13.0. The van der Waals surface area contributed by atoms with Crippen molar-refractivity contribution in [3.63, 3.8) is 0 Å². The van der Waals surface area contributed by atoms with E-state index in [1.54, 1.807) is 0 Å². The summed E-state index contributed by atoms with van der Waals surface area (Å²) in [5.41, 5.74) is 2.47. The summed E-state index contributed by atoms with van der Waals surface area (Å²) in [6, 6.07) is 17.5. The molecule has 1 aromatic heterocycles. The fraction of sp³-hybridized carbons (Fsp3) is 0.238. The zero-order valence-corrected chi connectivity index (χ0v) is 17.2. The number of benzene rings is 2. The normalized spacial score (nSPS) is 14.6. The third-order valence-electron chi connectivity index (χ3n) is 5.13. The smallest absolute Gasteiger partial charge is 0.270 e. The molecule has 0 N–H and O–H groups in total. The van der Waals surface area contributed by atoms with Crippen LogP contribution in [0.2, 0.25) is 0 Å². The highest BCUT2D eigenvalue weighted by Crippen LogP contribution is 2.21. The lowest BCUT2D eigenvalue weighted by Crippen LogP contribution is -2.51. The summed E-state index contributed by atoms with van der Waals surface area (Å²) in [7, 11) is 1.92. The van der Waals surface area contributed by atoms with E-state index in [0.717, 1.165) is 20.0 Å². The van der Waals surface area contributed by atoms with Gasteiger partial charge in [0.15, 0.2) is 0 Å². The third kappa shape index (κ3) is 3.34. The van der Waals surface area contributed by atoms with Gasteiger partial charge < -0.3 is 14.4 Å². The van der Waals surface area contributed by atoms with Gasteiger partial charge in [-0.1, -0.05) is 30.3 Å². The van der Waals surface area contributed by atoms with Crippen LogP contribution in [0.4, 0.5) is 0 Å². The summed E-state index contributed by atoms with van der Waals surface area (Å²) in [4.78, 5) is 29.4. The number of aryl methyl sites for hydroxylation is 1. The molecule has 0 spiro atoms. The number of carbonyl (C=O) groups excluding carboxylic acids is 2. The van der Waals surface area contributed by atoms with Crippen LogP contribution in [0.15, 0.2) is 54.6 Å². The van der Waals surface area contributed by atoms with E-state index in [1.807, 2.05) is 76.0 Å². The molecular formula is C21H20IN3O2. The van der Waals surface area contributed by atoms with E-state index in [1.165, 1.54) is 0 Å². The number of fused-ring (bicyclic) bond motifs is 1. The lowest BCUT2D eigenvalue weighted by atomic mass is 10.2. The molecule has 2 aromatic carbocycles. The third-order valence-corrected chi connectivity index (χ3v) is 6.07. The van der Waals surface area contributed by atoms with Gasteiger partial charge in [0, 0.05) is 47.7 Å². The van der Waals surface area contributed by atoms with Crippen LogP contribution in [0.25, 0.3) is 10.9 Å². The fourth-order valence-electron chi connectivity index (χ4n) is 3.57. The van der Waals surface area contributed by atoms with Crippen LogP contribution in [-0.2, 0) is 7.05 Å². The van der Waals surface area contributed by atoms with Crippen LogP contribution in [0, 0.1) is 3.57 Å². The van der Waals surface area contributed by atoms with Crippen molar-refractivity contribution in [1.82, 2.24) is 14.4 Å². The highest BCUT2D eigenvalue weighted by atomic mass is 127. The van der Waals surface area contributed by atoms with E-state index >= 15 is 0 Å². The second-order valence-corrected chi connectivity index (χ2v) is 7.87. The van der Waals surface area contributed by atoms with Crippen LogP contribution < -0.4 is 0 Å². The molecule has 138 valence electrons. The van der Waals surface area contributed by atoms with Crippen molar-refractivity contribution in [3.05, 3.63) is 69.4 Å². The highest BCUT2D eigenvalue weighted by molar-refractivity contribution is 14.1. The van der Waals surface area contributed by atoms with Gasteiger partial charge in [-0.2, -0.15) is 0 Å². The van der Waals surface area contributed by atoms with E-state index in [9.17, 15) is 9.59 Å². The van der Waals surface area contributed by atoms with Gasteiger partial charge in [-0.3, -0.25) is 9.59 Å². The molecule has 27 heavy (non-hydrogen) atoms. The fourth-order valence-corrected chi connectivity index (χ4v) is 4.19. The quantitative estimate of drug-likeness (QED) is 0.536.